The van der Waals surface area contributed by atoms with Crippen LogP contribution < -0.4 is 10.2 Å². The Kier molecular flexibility index (Phi) is 2.94. The minimum atomic E-state index is 0.170. The fourth-order valence-corrected chi connectivity index (χ4v) is 2.45. The van der Waals surface area contributed by atoms with Crippen molar-refractivity contribution in [1.82, 2.24) is 5.32 Å². The Hall–Kier alpha value is -1.02. The lowest BCUT2D eigenvalue weighted by molar-refractivity contribution is 0.261. The fourth-order valence-electron chi connectivity index (χ4n) is 2.45. The molecule has 94 valence electrons. The first-order chi connectivity index (χ1) is 7.80. The molecule has 0 aliphatic carbocycles. The first-order valence-electron chi connectivity index (χ1n) is 6.40. The average Bonchev–Trinajstić information content (AvgIpc) is 2.22. The molecule has 1 fully saturated rings. The highest BCUT2D eigenvalue weighted by atomic mass is 15.3. The van der Waals surface area contributed by atoms with Gasteiger partial charge in [-0.1, -0.05) is 12.1 Å². The van der Waals surface area contributed by atoms with Crippen LogP contribution in [0.5, 0.6) is 0 Å². The summed E-state index contributed by atoms with van der Waals surface area (Å²) >= 11 is 0. The molecule has 0 spiro atoms. The van der Waals surface area contributed by atoms with Gasteiger partial charge >= 0.3 is 0 Å². The molecule has 1 saturated heterocycles. The number of nitrogens with zero attached hydrogens (tertiary/aromatic N) is 1. The molecule has 0 bridgehead atoms. The summed E-state index contributed by atoms with van der Waals surface area (Å²) in [5.74, 6) is 0. The van der Waals surface area contributed by atoms with Gasteiger partial charge in [-0.2, -0.15) is 0 Å². The third-order valence-corrected chi connectivity index (χ3v) is 3.60. The second-order valence-electron chi connectivity index (χ2n) is 6.48. The van der Waals surface area contributed by atoms with Crippen LogP contribution in [0, 0.1) is 6.92 Å². The van der Waals surface area contributed by atoms with E-state index in [0.717, 1.165) is 13.1 Å². The summed E-state index contributed by atoms with van der Waals surface area (Å²) in [6.07, 6.45) is 0. The third kappa shape index (κ3) is 2.63. The largest absolute Gasteiger partial charge is 0.363 e. The Morgan fingerprint density at radius 3 is 2.53 bits per heavy atom. The van der Waals surface area contributed by atoms with E-state index >= 15 is 0 Å². The number of benzene rings is 1. The number of hydrogen-bond acceptors (Lipinski definition) is 2. The van der Waals surface area contributed by atoms with Crippen LogP contribution in [0.4, 0.5) is 5.69 Å². The summed E-state index contributed by atoms with van der Waals surface area (Å²) in [5.41, 5.74) is 3.02. The molecule has 2 heteroatoms. The topological polar surface area (TPSA) is 15.3 Å². The highest BCUT2D eigenvalue weighted by Gasteiger charge is 2.37. The zero-order valence-corrected chi connectivity index (χ0v) is 11.7. The van der Waals surface area contributed by atoms with Crippen molar-refractivity contribution in [2.75, 3.05) is 18.0 Å². The van der Waals surface area contributed by atoms with Crippen molar-refractivity contribution in [3.63, 3.8) is 0 Å². The van der Waals surface area contributed by atoms with Crippen LogP contribution in [0.1, 0.15) is 33.3 Å². The van der Waals surface area contributed by atoms with Gasteiger partial charge in [-0.3, -0.25) is 0 Å². The third-order valence-electron chi connectivity index (χ3n) is 3.60. The molecule has 0 radical (unpaired) electrons. The monoisotopic (exact) mass is 232 g/mol. The van der Waals surface area contributed by atoms with E-state index < -0.39 is 0 Å². The molecule has 1 aliphatic rings. The Morgan fingerprint density at radius 2 is 1.88 bits per heavy atom. The lowest BCUT2D eigenvalue weighted by atomic mass is 9.90. The highest BCUT2D eigenvalue weighted by Crippen LogP contribution is 2.29. The molecule has 1 aromatic rings. The zero-order valence-electron chi connectivity index (χ0n) is 11.7. The summed E-state index contributed by atoms with van der Waals surface area (Å²) in [6, 6.07) is 8.80. The van der Waals surface area contributed by atoms with Crippen LogP contribution in [-0.4, -0.2) is 24.2 Å². The van der Waals surface area contributed by atoms with Crippen molar-refractivity contribution >= 4 is 5.69 Å². The summed E-state index contributed by atoms with van der Waals surface area (Å²) in [4.78, 5) is 2.52. The summed E-state index contributed by atoms with van der Waals surface area (Å²) < 4.78 is 0. The van der Waals surface area contributed by atoms with Gasteiger partial charge in [-0.15, -0.1) is 0 Å². The second-order valence-corrected chi connectivity index (χ2v) is 6.48. The lowest BCUT2D eigenvalue weighted by Gasteiger charge is -2.51. The summed E-state index contributed by atoms with van der Waals surface area (Å²) in [7, 11) is 0. The number of aryl methyl sites for hydroxylation is 1. The first-order valence-corrected chi connectivity index (χ1v) is 6.40. The molecule has 1 aliphatic heterocycles. The normalized spacial score (nSPS) is 22.5. The van der Waals surface area contributed by atoms with Crippen molar-refractivity contribution < 1.29 is 0 Å². The van der Waals surface area contributed by atoms with E-state index in [1.54, 1.807) is 0 Å². The molecule has 1 heterocycles. The molecule has 0 unspecified atom stereocenters. The van der Waals surface area contributed by atoms with E-state index in [4.69, 9.17) is 0 Å². The SMILES string of the molecule is Cc1cccc(N2CC(C)(C)NCC2(C)C)c1. The predicted octanol–water partition coefficient (Wildman–Crippen LogP) is 2.96. The van der Waals surface area contributed by atoms with E-state index in [9.17, 15) is 0 Å². The first kappa shape index (κ1) is 12.4. The van der Waals surface area contributed by atoms with Crippen molar-refractivity contribution in [2.45, 2.75) is 45.7 Å². The maximum Gasteiger partial charge on any atom is 0.0471 e. The number of piperazine rings is 1. The number of hydrogen-bond donors (Lipinski definition) is 1. The van der Waals surface area contributed by atoms with Gasteiger partial charge < -0.3 is 10.2 Å². The lowest BCUT2D eigenvalue weighted by Crippen LogP contribution is -2.66. The molecular weight excluding hydrogens is 208 g/mol. The van der Waals surface area contributed by atoms with Crippen molar-refractivity contribution in [3.8, 4) is 0 Å². The van der Waals surface area contributed by atoms with Crippen LogP contribution >= 0.6 is 0 Å². The number of rotatable bonds is 1. The van der Waals surface area contributed by atoms with E-state index in [0.29, 0.717) is 0 Å². The Labute approximate surface area is 105 Å². The fraction of sp³-hybridized carbons (Fsp3) is 0.600. The molecule has 0 amide bonds. The van der Waals surface area contributed by atoms with Gasteiger partial charge in [0.15, 0.2) is 0 Å². The minimum Gasteiger partial charge on any atom is -0.363 e. The Balaban J connectivity index is 2.34. The molecule has 0 atom stereocenters. The van der Waals surface area contributed by atoms with Gasteiger partial charge in [0.2, 0.25) is 0 Å². The van der Waals surface area contributed by atoms with E-state index in [1.807, 2.05) is 0 Å². The maximum absolute atomic E-state index is 3.62. The summed E-state index contributed by atoms with van der Waals surface area (Å²) in [5, 5.41) is 3.62. The smallest absolute Gasteiger partial charge is 0.0471 e. The molecule has 2 rings (SSSR count). The maximum atomic E-state index is 3.62. The van der Waals surface area contributed by atoms with Gasteiger partial charge in [0.25, 0.3) is 0 Å². The van der Waals surface area contributed by atoms with Gasteiger partial charge in [-0.25, -0.2) is 0 Å². The molecule has 17 heavy (non-hydrogen) atoms. The van der Waals surface area contributed by atoms with Gasteiger partial charge in [-0.05, 0) is 52.3 Å². The standard InChI is InChI=1S/C15H24N2/c1-12-7-6-8-13(9-12)17-11-14(2,3)16-10-15(17,4)5/h6-9,16H,10-11H2,1-5H3. The highest BCUT2D eigenvalue weighted by molar-refractivity contribution is 5.52. The predicted molar refractivity (Wildman–Crippen MR) is 74.7 cm³/mol. The Morgan fingerprint density at radius 1 is 1.18 bits per heavy atom. The van der Waals surface area contributed by atoms with Gasteiger partial charge in [0, 0.05) is 29.9 Å². The molecule has 2 nitrogen and oxygen atoms in total. The van der Waals surface area contributed by atoms with Crippen molar-refractivity contribution in [1.29, 1.82) is 0 Å². The van der Waals surface area contributed by atoms with Crippen molar-refractivity contribution in [2.24, 2.45) is 0 Å². The van der Waals surface area contributed by atoms with Crippen molar-refractivity contribution in [3.05, 3.63) is 29.8 Å². The van der Waals surface area contributed by atoms with Gasteiger partial charge in [0.05, 0.1) is 0 Å². The molecule has 1 aromatic carbocycles. The number of anilines is 1. The average molecular weight is 232 g/mol. The molecule has 0 aromatic heterocycles. The number of nitrogens with one attached hydrogen (secondary N) is 1. The van der Waals surface area contributed by atoms with Crippen LogP contribution in [0.3, 0.4) is 0 Å². The summed E-state index contributed by atoms with van der Waals surface area (Å²) in [6.45, 7) is 13.4. The Bertz CT molecular complexity index is 407. The van der Waals surface area contributed by atoms with E-state index in [2.05, 4.69) is 69.1 Å². The van der Waals surface area contributed by atoms with Crippen LogP contribution in [0.25, 0.3) is 0 Å². The molecular formula is C15H24N2. The quantitative estimate of drug-likeness (QED) is 0.801. The van der Waals surface area contributed by atoms with E-state index in [1.165, 1.54) is 11.3 Å². The van der Waals surface area contributed by atoms with Gasteiger partial charge in [0.1, 0.15) is 0 Å². The second kappa shape index (κ2) is 4.02. The molecule has 0 saturated carbocycles. The zero-order chi connectivity index (χ0) is 12.7. The van der Waals surface area contributed by atoms with E-state index in [-0.39, 0.29) is 11.1 Å². The van der Waals surface area contributed by atoms with Crippen LogP contribution in [0.15, 0.2) is 24.3 Å². The van der Waals surface area contributed by atoms with Crippen LogP contribution in [-0.2, 0) is 0 Å². The van der Waals surface area contributed by atoms with Crippen LogP contribution in [0.2, 0.25) is 0 Å². The molecule has 1 N–H and O–H groups in total. The minimum absolute atomic E-state index is 0.170.